The molecule has 1 aromatic heterocycles. The van der Waals surface area contributed by atoms with Crippen molar-refractivity contribution >= 4 is 19.4 Å². The molecule has 0 aromatic carbocycles. The van der Waals surface area contributed by atoms with Crippen LogP contribution in [0.1, 0.15) is 26.7 Å². The van der Waals surface area contributed by atoms with Crippen LogP contribution < -0.4 is 0 Å². The topological polar surface area (TPSA) is 88.2 Å². The summed E-state index contributed by atoms with van der Waals surface area (Å²) < 4.78 is 12.0. The Balaban J connectivity index is 2.76. The first-order valence-electron chi connectivity index (χ1n) is 4.97. The standard InChI is InChI=1S/C8H16N3O3PS/c1-3-8(4-2,15(12,13)14)16-7-11-6-9-5-10-11/h5-6H,3-4,7H2,1-2H3,(H2,12,13,14). The second kappa shape index (κ2) is 5.31. The van der Waals surface area contributed by atoms with E-state index < -0.39 is 12.1 Å². The minimum Gasteiger partial charge on any atom is -0.323 e. The monoisotopic (exact) mass is 265 g/mol. The van der Waals surface area contributed by atoms with Gasteiger partial charge in [0.25, 0.3) is 0 Å². The van der Waals surface area contributed by atoms with Gasteiger partial charge < -0.3 is 9.79 Å². The van der Waals surface area contributed by atoms with Crippen molar-refractivity contribution in [3.05, 3.63) is 12.7 Å². The molecule has 1 aromatic rings. The lowest BCUT2D eigenvalue weighted by atomic mass is 10.2. The third-order valence-corrected chi connectivity index (χ3v) is 6.87. The summed E-state index contributed by atoms with van der Waals surface area (Å²) in [7, 11) is -4.12. The molecular weight excluding hydrogens is 249 g/mol. The van der Waals surface area contributed by atoms with E-state index in [0.29, 0.717) is 18.7 Å². The molecule has 1 rings (SSSR count). The predicted octanol–water partition coefficient (Wildman–Crippen LogP) is 1.66. The minimum absolute atomic E-state index is 0.396. The van der Waals surface area contributed by atoms with Crippen LogP contribution in [-0.2, 0) is 10.4 Å². The minimum atomic E-state index is -4.12. The Morgan fingerprint density at radius 1 is 1.44 bits per heavy atom. The van der Waals surface area contributed by atoms with Gasteiger partial charge in [0.2, 0.25) is 0 Å². The summed E-state index contributed by atoms with van der Waals surface area (Å²) in [6.45, 7) is 3.58. The lowest BCUT2D eigenvalue weighted by molar-refractivity contribution is 0.346. The first kappa shape index (κ1) is 13.7. The van der Waals surface area contributed by atoms with Crippen LogP contribution in [-0.4, -0.2) is 29.0 Å². The maximum Gasteiger partial charge on any atom is 0.341 e. The summed E-state index contributed by atoms with van der Waals surface area (Å²) in [4.78, 5) is 22.6. The van der Waals surface area contributed by atoms with Gasteiger partial charge in [0.1, 0.15) is 17.1 Å². The van der Waals surface area contributed by atoms with E-state index in [9.17, 15) is 14.4 Å². The van der Waals surface area contributed by atoms with Crippen molar-refractivity contribution in [1.82, 2.24) is 14.8 Å². The zero-order chi connectivity index (χ0) is 12.2. The summed E-state index contributed by atoms with van der Waals surface area (Å²) in [6, 6.07) is 0. The largest absolute Gasteiger partial charge is 0.341 e. The Bertz CT molecular complexity index is 361. The quantitative estimate of drug-likeness (QED) is 0.760. The van der Waals surface area contributed by atoms with Crippen LogP contribution in [0, 0.1) is 0 Å². The zero-order valence-electron chi connectivity index (χ0n) is 9.28. The molecule has 2 N–H and O–H groups in total. The van der Waals surface area contributed by atoms with Crippen LogP contribution in [0.3, 0.4) is 0 Å². The number of aromatic nitrogens is 3. The van der Waals surface area contributed by atoms with Crippen LogP contribution in [0.4, 0.5) is 0 Å². The van der Waals surface area contributed by atoms with Gasteiger partial charge in [-0.05, 0) is 12.8 Å². The van der Waals surface area contributed by atoms with Gasteiger partial charge in [0, 0.05) is 0 Å². The average molecular weight is 265 g/mol. The summed E-state index contributed by atoms with van der Waals surface area (Å²) in [5, 5.41) is 3.90. The molecule has 0 bridgehead atoms. The van der Waals surface area contributed by atoms with Crippen LogP contribution in [0.15, 0.2) is 12.7 Å². The Kier molecular flexibility index (Phi) is 4.55. The van der Waals surface area contributed by atoms with Crippen molar-refractivity contribution in [3.8, 4) is 0 Å². The third kappa shape index (κ3) is 2.85. The Labute approximate surface area is 98.6 Å². The van der Waals surface area contributed by atoms with Gasteiger partial charge in [0.15, 0.2) is 0 Å². The molecule has 6 nitrogen and oxygen atoms in total. The van der Waals surface area contributed by atoms with Crippen LogP contribution in [0.5, 0.6) is 0 Å². The number of rotatable bonds is 6. The van der Waals surface area contributed by atoms with Gasteiger partial charge in [-0.1, -0.05) is 13.8 Å². The molecule has 0 fully saturated rings. The molecule has 0 atom stereocenters. The SMILES string of the molecule is CCC(CC)(SCn1cncn1)P(=O)(O)O. The Hall–Kier alpha value is -0.360. The summed E-state index contributed by atoms with van der Waals surface area (Å²) >= 11 is 1.23. The second-order valence-electron chi connectivity index (χ2n) is 3.41. The summed E-state index contributed by atoms with van der Waals surface area (Å²) in [6.07, 6.45) is 3.78. The average Bonchev–Trinajstić information content (AvgIpc) is 2.71. The number of hydrogen-bond acceptors (Lipinski definition) is 4. The molecule has 0 saturated carbocycles. The Morgan fingerprint density at radius 2 is 2.06 bits per heavy atom. The van der Waals surface area contributed by atoms with Crippen LogP contribution >= 0.6 is 19.4 Å². The summed E-state index contributed by atoms with van der Waals surface area (Å²) in [5.41, 5.74) is 0. The molecule has 0 amide bonds. The molecule has 0 spiro atoms. The van der Waals surface area contributed by atoms with E-state index in [-0.39, 0.29) is 0 Å². The van der Waals surface area contributed by atoms with Crippen molar-refractivity contribution in [2.24, 2.45) is 0 Å². The normalized spacial score (nSPS) is 13.0. The second-order valence-corrected chi connectivity index (χ2v) is 6.98. The van der Waals surface area contributed by atoms with Gasteiger partial charge in [-0.3, -0.25) is 4.57 Å². The highest BCUT2D eigenvalue weighted by molar-refractivity contribution is 8.05. The molecule has 0 unspecified atom stereocenters. The van der Waals surface area contributed by atoms with Crippen LogP contribution in [0.2, 0.25) is 0 Å². The first-order chi connectivity index (χ1) is 7.45. The van der Waals surface area contributed by atoms with E-state index in [1.54, 1.807) is 18.5 Å². The van der Waals surface area contributed by atoms with E-state index in [2.05, 4.69) is 10.1 Å². The predicted molar refractivity (Wildman–Crippen MR) is 63.0 cm³/mol. The molecule has 0 aliphatic heterocycles. The highest BCUT2D eigenvalue weighted by Gasteiger charge is 2.44. The van der Waals surface area contributed by atoms with Crippen molar-refractivity contribution in [2.45, 2.75) is 37.1 Å². The first-order valence-corrected chi connectivity index (χ1v) is 7.57. The van der Waals surface area contributed by atoms with Crippen molar-refractivity contribution < 1.29 is 14.4 Å². The molecule has 8 heteroatoms. The van der Waals surface area contributed by atoms with E-state index in [0.717, 1.165) is 0 Å². The lowest BCUT2D eigenvalue weighted by Crippen LogP contribution is -2.23. The van der Waals surface area contributed by atoms with Crippen molar-refractivity contribution in [3.63, 3.8) is 0 Å². The van der Waals surface area contributed by atoms with E-state index >= 15 is 0 Å². The molecule has 0 saturated heterocycles. The zero-order valence-corrected chi connectivity index (χ0v) is 11.0. The molecular formula is C8H16N3O3PS. The molecule has 1 heterocycles. The highest BCUT2D eigenvalue weighted by atomic mass is 32.2. The van der Waals surface area contributed by atoms with Crippen molar-refractivity contribution in [1.29, 1.82) is 0 Å². The molecule has 16 heavy (non-hydrogen) atoms. The number of thioether (sulfide) groups is 1. The van der Waals surface area contributed by atoms with E-state index in [4.69, 9.17) is 0 Å². The smallest absolute Gasteiger partial charge is 0.323 e. The number of hydrogen-bond donors (Lipinski definition) is 2. The van der Waals surface area contributed by atoms with E-state index in [1.165, 1.54) is 24.4 Å². The van der Waals surface area contributed by atoms with Gasteiger partial charge in [-0.15, -0.1) is 11.8 Å². The fraction of sp³-hybridized carbons (Fsp3) is 0.750. The fourth-order valence-electron chi connectivity index (χ4n) is 1.44. The molecule has 92 valence electrons. The molecule has 0 aliphatic carbocycles. The van der Waals surface area contributed by atoms with E-state index in [1.807, 2.05) is 0 Å². The van der Waals surface area contributed by atoms with Gasteiger partial charge in [0.05, 0.1) is 5.88 Å². The van der Waals surface area contributed by atoms with Gasteiger partial charge in [-0.2, -0.15) is 5.10 Å². The Morgan fingerprint density at radius 3 is 2.44 bits per heavy atom. The van der Waals surface area contributed by atoms with Crippen LogP contribution in [0.25, 0.3) is 0 Å². The highest BCUT2D eigenvalue weighted by Crippen LogP contribution is 2.60. The maximum absolute atomic E-state index is 11.5. The number of nitrogens with zero attached hydrogens (tertiary/aromatic N) is 3. The third-order valence-electron chi connectivity index (χ3n) is 2.57. The van der Waals surface area contributed by atoms with Gasteiger partial charge in [-0.25, -0.2) is 9.67 Å². The van der Waals surface area contributed by atoms with Crippen molar-refractivity contribution in [2.75, 3.05) is 0 Å². The fourth-order valence-corrected chi connectivity index (χ4v) is 4.02. The summed E-state index contributed by atoms with van der Waals surface area (Å²) in [5.74, 6) is 0.396. The molecule has 0 aliphatic rings. The van der Waals surface area contributed by atoms with Gasteiger partial charge >= 0.3 is 7.60 Å². The maximum atomic E-state index is 11.5. The lowest BCUT2D eigenvalue weighted by Gasteiger charge is -2.31. The molecule has 0 radical (unpaired) electrons.